The van der Waals surface area contributed by atoms with E-state index in [4.69, 9.17) is 15.2 Å². The van der Waals surface area contributed by atoms with Crippen molar-refractivity contribution in [3.63, 3.8) is 0 Å². The predicted octanol–water partition coefficient (Wildman–Crippen LogP) is 1.52. The molecule has 0 saturated heterocycles. The Hall–Kier alpha value is -0.780. The fourth-order valence-electron chi connectivity index (χ4n) is 1.73. The molecule has 1 atom stereocenters. The minimum atomic E-state index is -0.674. The topological polar surface area (TPSA) is 64.7 Å². The summed E-state index contributed by atoms with van der Waals surface area (Å²) in [6.45, 7) is 3.17. The summed E-state index contributed by atoms with van der Waals surface area (Å²) >= 11 is 3.46. The lowest BCUT2D eigenvalue weighted by Gasteiger charge is -2.23. The van der Waals surface area contributed by atoms with E-state index in [1.807, 2.05) is 6.92 Å². The summed E-state index contributed by atoms with van der Waals surface area (Å²) in [4.78, 5) is 0. The summed E-state index contributed by atoms with van der Waals surface area (Å²) in [6.07, 6.45) is -0.674. The Morgan fingerprint density at radius 2 is 2.19 bits per heavy atom. The van der Waals surface area contributed by atoms with Gasteiger partial charge >= 0.3 is 0 Å². The molecule has 0 fully saturated rings. The molecule has 1 aliphatic heterocycles. The molecule has 0 aromatic heterocycles. The fraction of sp³-hybridized carbons (Fsp3) is 0.455. The summed E-state index contributed by atoms with van der Waals surface area (Å²) in [7, 11) is 0. The van der Waals surface area contributed by atoms with Gasteiger partial charge in [0.25, 0.3) is 0 Å². The van der Waals surface area contributed by atoms with Gasteiger partial charge < -0.3 is 20.3 Å². The Balaban J connectivity index is 2.52. The van der Waals surface area contributed by atoms with Crippen LogP contribution in [0.15, 0.2) is 10.5 Å². The first-order valence-corrected chi connectivity index (χ1v) is 5.91. The van der Waals surface area contributed by atoms with Crippen molar-refractivity contribution < 1.29 is 14.6 Å². The number of aliphatic hydroxyl groups is 1. The first-order valence-electron chi connectivity index (χ1n) is 5.12. The van der Waals surface area contributed by atoms with Gasteiger partial charge in [-0.15, -0.1) is 0 Å². The standard InChI is InChI=1S/C11H14BrNO3/c1-6-7(8(14)5-13)4-9-11(10(6)12)16-3-2-15-9/h4,8,14H,2-3,5,13H2,1H3. The lowest BCUT2D eigenvalue weighted by Crippen LogP contribution is -2.18. The average molecular weight is 288 g/mol. The first kappa shape index (κ1) is 11.7. The van der Waals surface area contributed by atoms with Crippen LogP contribution in [0.1, 0.15) is 17.2 Å². The lowest BCUT2D eigenvalue weighted by molar-refractivity contribution is 0.165. The molecule has 0 spiro atoms. The summed E-state index contributed by atoms with van der Waals surface area (Å²) in [5, 5.41) is 9.79. The van der Waals surface area contributed by atoms with E-state index in [0.717, 1.165) is 15.6 Å². The zero-order chi connectivity index (χ0) is 11.7. The van der Waals surface area contributed by atoms with Gasteiger partial charge in [0, 0.05) is 6.54 Å². The van der Waals surface area contributed by atoms with E-state index in [-0.39, 0.29) is 6.54 Å². The van der Waals surface area contributed by atoms with Gasteiger partial charge in [-0.2, -0.15) is 0 Å². The number of aliphatic hydroxyl groups excluding tert-OH is 1. The maximum Gasteiger partial charge on any atom is 0.175 e. The highest BCUT2D eigenvalue weighted by molar-refractivity contribution is 9.10. The van der Waals surface area contributed by atoms with Crippen molar-refractivity contribution in [3.8, 4) is 11.5 Å². The fourth-order valence-corrected chi connectivity index (χ4v) is 2.27. The summed E-state index contributed by atoms with van der Waals surface area (Å²) < 4.78 is 11.8. The Morgan fingerprint density at radius 1 is 1.50 bits per heavy atom. The SMILES string of the molecule is Cc1c(C(O)CN)cc2c(c1Br)OCCO2. The van der Waals surface area contributed by atoms with E-state index >= 15 is 0 Å². The minimum Gasteiger partial charge on any atom is -0.486 e. The van der Waals surface area contributed by atoms with Crippen molar-refractivity contribution in [1.29, 1.82) is 0 Å². The van der Waals surface area contributed by atoms with E-state index in [1.54, 1.807) is 6.07 Å². The maximum absolute atomic E-state index is 9.79. The van der Waals surface area contributed by atoms with Crippen LogP contribution >= 0.6 is 15.9 Å². The third-order valence-corrected chi connectivity index (χ3v) is 3.60. The van der Waals surface area contributed by atoms with Crippen molar-refractivity contribution in [3.05, 3.63) is 21.7 Å². The van der Waals surface area contributed by atoms with Crippen LogP contribution in [0.25, 0.3) is 0 Å². The van der Waals surface area contributed by atoms with E-state index in [1.165, 1.54) is 0 Å². The van der Waals surface area contributed by atoms with Gasteiger partial charge in [0.05, 0.1) is 10.6 Å². The molecular weight excluding hydrogens is 274 g/mol. The van der Waals surface area contributed by atoms with Crippen LogP contribution in [-0.4, -0.2) is 24.9 Å². The molecule has 4 nitrogen and oxygen atoms in total. The normalized spacial score (nSPS) is 16.0. The number of ether oxygens (including phenoxy) is 2. The van der Waals surface area contributed by atoms with Gasteiger partial charge in [0.1, 0.15) is 13.2 Å². The van der Waals surface area contributed by atoms with Crippen molar-refractivity contribution in [2.24, 2.45) is 5.73 Å². The highest BCUT2D eigenvalue weighted by Crippen LogP contribution is 2.42. The van der Waals surface area contributed by atoms with Crippen LogP contribution in [-0.2, 0) is 0 Å². The maximum atomic E-state index is 9.79. The molecule has 0 radical (unpaired) electrons. The van der Waals surface area contributed by atoms with Crippen LogP contribution in [0.5, 0.6) is 11.5 Å². The first-order chi connectivity index (χ1) is 7.65. The number of benzene rings is 1. The minimum absolute atomic E-state index is 0.187. The summed E-state index contributed by atoms with van der Waals surface area (Å²) in [5.41, 5.74) is 7.17. The molecule has 1 aliphatic rings. The molecule has 16 heavy (non-hydrogen) atoms. The molecule has 0 saturated carbocycles. The van der Waals surface area contributed by atoms with Crippen LogP contribution in [0, 0.1) is 6.92 Å². The highest BCUT2D eigenvalue weighted by atomic mass is 79.9. The van der Waals surface area contributed by atoms with Gasteiger partial charge in [-0.05, 0) is 40.0 Å². The smallest absolute Gasteiger partial charge is 0.175 e. The lowest BCUT2D eigenvalue weighted by atomic mass is 10.0. The molecule has 2 rings (SSSR count). The van der Waals surface area contributed by atoms with E-state index in [2.05, 4.69) is 15.9 Å². The second-order valence-corrected chi connectivity index (χ2v) is 4.47. The van der Waals surface area contributed by atoms with E-state index < -0.39 is 6.10 Å². The Bertz CT molecular complexity index is 409. The summed E-state index contributed by atoms with van der Waals surface area (Å²) in [5.74, 6) is 1.36. The van der Waals surface area contributed by atoms with Crippen molar-refractivity contribution in [2.75, 3.05) is 19.8 Å². The molecule has 88 valence electrons. The second kappa shape index (κ2) is 4.61. The second-order valence-electron chi connectivity index (χ2n) is 3.68. The van der Waals surface area contributed by atoms with Crippen LogP contribution < -0.4 is 15.2 Å². The van der Waals surface area contributed by atoms with E-state index in [9.17, 15) is 5.11 Å². The van der Waals surface area contributed by atoms with Gasteiger partial charge in [-0.1, -0.05) is 0 Å². The van der Waals surface area contributed by atoms with Crippen LogP contribution in [0.3, 0.4) is 0 Å². The molecule has 1 heterocycles. The molecule has 1 unspecified atom stereocenters. The number of hydrogen-bond donors (Lipinski definition) is 2. The molecule has 1 aromatic carbocycles. The molecule has 0 amide bonds. The zero-order valence-corrected chi connectivity index (χ0v) is 10.6. The summed E-state index contributed by atoms with van der Waals surface area (Å²) in [6, 6.07) is 1.80. The Morgan fingerprint density at radius 3 is 2.88 bits per heavy atom. The quantitative estimate of drug-likeness (QED) is 0.866. The van der Waals surface area contributed by atoms with Crippen LogP contribution in [0.4, 0.5) is 0 Å². The van der Waals surface area contributed by atoms with Gasteiger partial charge in [0.15, 0.2) is 11.5 Å². The number of halogens is 1. The molecule has 0 aliphatic carbocycles. The Labute approximate surface area is 102 Å². The van der Waals surface area contributed by atoms with Crippen molar-refractivity contribution in [2.45, 2.75) is 13.0 Å². The average Bonchev–Trinajstić information content (AvgIpc) is 2.33. The molecule has 1 aromatic rings. The number of nitrogens with two attached hydrogens (primary N) is 1. The Kier molecular flexibility index (Phi) is 3.37. The number of rotatable bonds is 2. The molecule has 0 bridgehead atoms. The van der Waals surface area contributed by atoms with Gasteiger partial charge in [-0.25, -0.2) is 0 Å². The van der Waals surface area contributed by atoms with E-state index in [0.29, 0.717) is 24.7 Å². The largest absolute Gasteiger partial charge is 0.486 e. The van der Waals surface area contributed by atoms with Gasteiger partial charge in [0.2, 0.25) is 0 Å². The highest BCUT2D eigenvalue weighted by Gasteiger charge is 2.21. The third kappa shape index (κ3) is 1.90. The molecule has 5 heteroatoms. The predicted molar refractivity (Wildman–Crippen MR) is 63.9 cm³/mol. The monoisotopic (exact) mass is 287 g/mol. The van der Waals surface area contributed by atoms with Gasteiger partial charge in [-0.3, -0.25) is 0 Å². The third-order valence-electron chi connectivity index (χ3n) is 2.64. The van der Waals surface area contributed by atoms with Crippen molar-refractivity contribution >= 4 is 15.9 Å². The molecule has 3 N–H and O–H groups in total. The van der Waals surface area contributed by atoms with Crippen LogP contribution in [0.2, 0.25) is 0 Å². The zero-order valence-electron chi connectivity index (χ0n) is 9.00. The number of hydrogen-bond acceptors (Lipinski definition) is 4. The number of fused-ring (bicyclic) bond motifs is 1. The molecular formula is C11H14BrNO3. The van der Waals surface area contributed by atoms with Crippen molar-refractivity contribution in [1.82, 2.24) is 0 Å².